The molecule has 4 atom stereocenters. The van der Waals surface area contributed by atoms with Crippen LogP contribution in [0.5, 0.6) is 0 Å². The van der Waals surface area contributed by atoms with E-state index in [2.05, 4.69) is 17.5 Å². The minimum Gasteiger partial charge on any atom is -0.322 e. The lowest BCUT2D eigenvalue weighted by Gasteiger charge is -2.20. The van der Waals surface area contributed by atoms with Gasteiger partial charge in [0.2, 0.25) is 11.8 Å². The van der Waals surface area contributed by atoms with E-state index in [4.69, 9.17) is 0 Å². The number of fused-ring (bicyclic) bond motifs is 5. The van der Waals surface area contributed by atoms with Crippen LogP contribution in [-0.4, -0.2) is 17.7 Å². The molecule has 1 aliphatic heterocycles. The van der Waals surface area contributed by atoms with Crippen LogP contribution in [0.15, 0.2) is 54.6 Å². The highest BCUT2D eigenvalue weighted by molar-refractivity contribution is 6.25. The quantitative estimate of drug-likeness (QED) is 0.643. The number of carbonyl (C=O) groups excluding carboxylic acids is 3. The van der Waals surface area contributed by atoms with Crippen molar-refractivity contribution in [1.29, 1.82) is 0 Å². The van der Waals surface area contributed by atoms with E-state index in [1.807, 2.05) is 32.0 Å². The molecule has 0 spiro atoms. The molecule has 2 bridgehead atoms. The Labute approximate surface area is 169 Å². The molecule has 0 radical (unpaired) electrons. The van der Waals surface area contributed by atoms with Crippen LogP contribution >= 0.6 is 0 Å². The number of aryl methyl sites for hydroxylation is 2. The van der Waals surface area contributed by atoms with Crippen molar-refractivity contribution < 1.29 is 14.4 Å². The molecule has 2 fully saturated rings. The van der Waals surface area contributed by atoms with Gasteiger partial charge in [0.05, 0.1) is 23.1 Å². The van der Waals surface area contributed by atoms with Crippen LogP contribution in [0.4, 0.5) is 11.4 Å². The monoisotopic (exact) mass is 386 g/mol. The van der Waals surface area contributed by atoms with Crippen LogP contribution in [0.25, 0.3) is 0 Å². The number of hydrogen-bond acceptors (Lipinski definition) is 3. The van der Waals surface area contributed by atoms with Gasteiger partial charge in [0.25, 0.3) is 5.91 Å². The molecular weight excluding hydrogens is 364 g/mol. The number of rotatable bonds is 3. The minimum absolute atomic E-state index is 0.141. The molecular formula is C24H22N2O3. The number of nitrogens with one attached hydrogen (secondary N) is 1. The first-order chi connectivity index (χ1) is 13.9. The fourth-order valence-corrected chi connectivity index (χ4v) is 5.25. The van der Waals surface area contributed by atoms with Gasteiger partial charge >= 0.3 is 0 Å². The molecule has 1 heterocycles. The number of benzene rings is 2. The first-order valence-corrected chi connectivity index (χ1v) is 9.99. The maximum Gasteiger partial charge on any atom is 0.257 e. The summed E-state index contributed by atoms with van der Waals surface area (Å²) in [5.74, 6) is -0.970. The molecule has 5 heteroatoms. The number of anilines is 2. The first kappa shape index (κ1) is 17.9. The van der Waals surface area contributed by atoms with Crippen LogP contribution in [0.1, 0.15) is 27.9 Å². The molecule has 146 valence electrons. The Morgan fingerprint density at radius 1 is 0.931 bits per heavy atom. The van der Waals surface area contributed by atoms with Crippen LogP contribution in [-0.2, 0) is 9.59 Å². The predicted molar refractivity (Wildman–Crippen MR) is 111 cm³/mol. The maximum atomic E-state index is 13.1. The summed E-state index contributed by atoms with van der Waals surface area (Å²) in [6, 6.07) is 12.7. The van der Waals surface area contributed by atoms with E-state index < -0.39 is 0 Å². The molecule has 1 N–H and O–H groups in total. The highest BCUT2D eigenvalue weighted by Gasteiger charge is 2.59. The van der Waals surface area contributed by atoms with Gasteiger partial charge in [0.1, 0.15) is 0 Å². The van der Waals surface area contributed by atoms with Crippen molar-refractivity contribution in [3.8, 4) is 0 Å². The van der Waals surface area contributed by atoms with Crippen LogP contribution in [0.2, 0.25) is 0 Å². The van der Waals surface area contributed by atoms with Crippen molar-refractivity contribution in [3.63, 3.8) is 0 Å². The van der Waals surface area contributed by atoms with E-state index in [1.54, 1.807) is 24.3 Å². The summed E-state index contributed by atoms with van der Waals surface area (Å²) in [6.07, 6.45) is 5.02. The Balaban J connectivity index is 1.48. The predicted octanol–water partition coefficient (Wildman–Crippen LogP) is 3.87. The lowest BCUT2D eigenvalue weighted by Crippen LogP contribution is -2.34. The van der Waals surface area contributed by atoms with Crippen molar-refractivity contribution in [2.45, 2.75) is 20.3 Å². The summed E-state index contributed by atoms with van der Waals surface area (Å²) in [5.41, 5.74) is 3.50. The average molecular weight is 386 g/mol. The molecule has 2 aliphatic carbocycles. The van der Waals surface area contributed by atoms with Crippen LogP contribution in [0, 0.1) is 37.5 Å². The fourth-order valence-electron chi connectivity index (χ4n) is 5.25. The van der Waals surface area contributed by atoms with Crippen LogP contribution < -0.4 is 10.2 Å². The summed E-state index contributed by atoms with van der Waals surface area (Å²) in [4.78, 5) is 40.6. The zero-order valence-corrected chi connectivity index (χ0v) is 16.4. The molecule has 0 unspecified atom stereocenters. The largest absolute Gasteiger partial charge is 0.322 e. The van der Waals surface area contributed by atoms with Crippen molar-refractivity contribution in [3.05, 3.63) is 71.3 Å². The van der Waals surface area contributed by atoms with Crippen molar-refractivity contribution in [1.82, 2.24) is 0 Å². The number of imide groups is 1. The molecule has 29 heavy (non-hydrogen) atoms. The Morgan fingerprint density at radius 3 is 2.14 bits per heavy atom. The van der Waals surface area contributed by atoms with Crippen molar-refractivity contribution >= 4 is 29.1 Å². The molecule has 5 rings (SSSR count). The van der Waals surface area contributed by atoms with Gasteiger partial charge in [-0.3, -0.25) is 14.4 Å². The molecule has 3 amide bonds. The van der Waals surface area contributed by atoms with Crippen LogP contribution in [0.3, 0.4) is 0 Å². The van der Waals surface area contributed by atoms with E-state index in [1.165, 1.54) is 4.90 Å². The highest BCUT2D eigenvalue weighted by Crippen LogP contribution is 2.53. The number of hydrogen-bond donors (Lipinski definition) is 1. The topological polar surface area (TPSA) is 66.5 Å². The first-order valence-electron chi connectivity index (χ1n) is 9.99. The van der Waals surface area contributed by atoms with Gasteiger partial charge < -0.3 is 5.32 Å². The summed E-state index contributed by atoms with van der Waals surface area (Å²) < 4.78 is 0. The average Bonchev–Trinajstić information content (AvgIpc) is 3.35. The van der Waals surface area contributed by atoms with E-state index in [9.17, 15) is 14.4 Å². The Morgan fingerprint density at radius 2 is 1.52 bits per heavy atom. The third-order valence-corrected chi connectivity index (χ3v) is 6.34. The van der Waals surface area contributed by atoms with Gasteiger partial charge in [-0.1, -0.05) is 30.4 Å². The van der Waals surface area contributed by atoms with Gasteiger partial charge in [-0.15, -0.1) is 0 Å². The second-order valence-corrected chi connectivity index (χ2v) is 8.36. The second-order valence-electron chi connectivity index (χ2n) is 8.36. The van der Waals surface area contributed by atoms with Gasteiger partial charge in [0.15, 0.2) is 0 Å². The molecule has 1 saturated heterocycles. The number of allylic oxidation sites excluding steroid dienone is 2. The van der Waals surface area contributed by atoms with Gasteiger partial charge in [-0.05, 0) is 67.5 Å². The maximum absolute atomic E-state index is 13.1. The van der Waals surface area contributed by atoms with Gasteiger partial charge in [0, 0.05) is 5.69 Å². The minimum atomic E-state index is -0.329. The van der Waals surface area contributed by atoms with E-state index >= 15 is 0 Å². The number of carbonyl (C=O) groups is 3. The molecule has 2 aromatic carbocycles. The Bertz CT molecular complexity index is 1040. The highest BCUT2D eigenvalue weighted by atomic mass is 16.2. The zero-order chi connectivity index (χ0) is 20.3. The number of para-hydroxylation sites is 1. The summed E-state index contributed by atoms with van der Waals surface area (Å²) >= 11 is 0. The molecule has 1 saturated carbocycles. The summed E-state index contributed by atoms with van der Waals surface area (Å²) in [5, 5.41) is 2.91. The second kappa shape index (κ2) is 6.41. The lowest BCUT2D eigenvalue weighted by molar-refractivity contribution is -0.123. The standard InChI is InChI=1S/C24H22N2O3/c1-13-9-14(2)11-17(10-13)25-22(27)18-5-3-4-6-19(18)26-23(28)20-15-7-8-16(12-15)21(20)24(26)29/h3-11,15-16,20-21H,12H2,1-2H3,(H,25,27)/t15-,16+,20-,21+. The van der Waals surface area contributed by atoms with Crippen molar-refractivity contribution in [2.24, 2.45) is 23.7 Å². The molecule has 2 aromatic rings. The van der Waals surface area contributed by atoms with Crippen molar-refractivity contribution in [2.75, 3.05) is 10.2 Å². The molecule has 5 nitrogen and oxygen atoms in total. The Kier molecular flexibility index (Phi) is 3.95. The van der Waals surface area contributed by atoms with E-state index in [0.717, 1.165) is 17.5 Å². The van der Waals surface area contributed by atoms with Gasteiger partial charge in [-0.25, -0.2) is 4.90 Å². The zero-order valence-electron chi connectivity index (χ0n) is 16.4. The summed E-state index contributed by atoms with van der Waals surface area (Å²) in [7, 11) is 0. The van der Waals surface area contributed by atoms with Gasteiger partial charge in [-0.2, -0.15) is 0 Å². The normalized spacial score (nSPS) is 26.9. The van der Waals surface area contributed by atoms with E-state index in [-0.39, 0.29) is 41.4 Å². The number of amides is 3. The third-order valence-electron chi connectivity index (χ3n) is 6.34. The molecule has 0 aromatic heterocycles. The smallest absolute Gasteiger partial charge is 0.257 e. The Hall–Kier alpha value is -3.21. The fraction of sp³-hybridized carbons (Fsp3) is 0.292. The lowest BCUT2D eigenvalue weighted by atomic mass is 9.85. The molecule has 3 aliphatic rings. The SMILES string of the molecule is Cc1cc(C)cc(NC(=O)c2ccccc2N2C(=O)[C@@H]3[C@H](C2=O)[C@@H]2C=C[C@H]3C2)c1. The van der Waals surface area contributed by atoms with E-state index in [0.29, 0.717) is 16.9 Å². The third kappa shape index (κ3) is 2.72. The number of nitrogens with zero attached hydrogens (tertiary/aromatic N) is 1. The summed E-state index contributed by atoms with van der Waals surface area (Å²) in [6.45, 7) is 3.94.